The molecular formula is C35H44N3S+. The van der Waals surface area contributed by atoms with Crippen molar-refractivity contribution in [3.8, 4) is 0 Å². The first-order valence-electron chi connectivity index (χ1n) is 14.6. The largest absolute Gasteiger partial charge is 0.372 e. The molecule has 1 aliphatic carbocycles. The average Bonchev–Trinajstić information content (AvgIpc) is 3.00. The highest BCUT2D eigenvalue weighted by Crippen LogP contribution is 2.44. The fourth-order valence-corrected chi connectivity index (χ4v) is 6.37. The van der Waals surface area contributed by atoms with E-state index in [2.05, 4.69) is 141 Å². The minimum atomic E-state index is 1.02. The fourth-order valence-electron chi connectivity index (χ4n) is 5.26. The molecule has 0 unspecified atom stereocenters. The van der Waals surface area contributed by atoms with Gasteiger partial charge in [0, 0.05) is 59.5 Å². The van der Waals surface area contributed by atoms with E-state index in [-0.39, 0.29) is 0 Å². The number of benzene rings is 2. The Morgan fingerprint density at radius 1 is 0.590 bits per heavy atom. The van der Waals surface area contributed by atoms with Crippen LogP contribution < -0.4 is 9.80 Å². The minimum absolute atomic E-state index is 1.02. The van der Waals surface area contributed by atoms with Crippen molar-refractivity contribution in [1.82, 2.24) is 0 Å². The van der Waals surface area contributed by atoms with Gasteiger partial charge in [-0.25, -0.2) is 4.58 Å². The zero-order valence-electron chi connectivity index (χ0n) is 24.6. The molecule has 0 radical (unpaired) electrons. The molecular weight excluding hydrogens is 494 g/mol. The van der Waals surface area contributed by atoms with Crippen molar-refractivity contribution in [2.75, 3.05) is 49.1 Å². The highest BCUT2D eigenvalue weighted by Gasteiger charge is 2.18. The van der Waals surface area contributed by atoms with Gasteiger partial charge in [0.05, 0.1) is 0 Å². The van der Waals surface area contributed by atoms with Crippen molar-refractivity contribution in [2.45, 2.75) is 41.5 Å². The molecule has 0 saturated heterocycles. The lowest BCUT2D eigenvalue weighted by atomic mass is 10.0. The molecule has 1 aliphatic heterocycles. The molecule has 0 bridgehead atoms. The zero-order chi connectivity index (χ0) is 27.8. The van der Waals surface area contributed by atoms with Crippen molar-refractivity contribution in [3.05, 3.63) is 107 Å². The second-order valence-corrected chi connectivity index (χ2v) is 10.8. The predicted octanol–water partition coefficient (Wildman–Crippen LogP) is 8.42. The van der Waals surface area contributed by atoms with E-state index in [9.17, 15) is 0 Å². The summed E-state index contributed by atoms with van der Waals surface area (Å²) >= 11 is 1.87. The molecule has 0 amide bonds. The van der Waals surface area contributed by atoms with Crippen molar-refractivity contribution < 1.29 is 4.58 Å². The van der Waals surface area contributed by atoms with Gasteiger partial charge in [-0.1, -0.05) is 36.0 Å². The van der Waals surface area contributed by atoms with Gasteiger partial charge in [-0.3, -0.25) is 0 Å². The van der Waals surface area contributed by atoms with Crippen molar-refractivity contribution in [3.63, 3.8) is 0 Å². The third-order valence-electron chi connectivity index (χ3n) is 7.68. The molecule has 2 aromatic carbocycles. The van der Waals surface area contributed by atoms with E-state index in [0.29, 0.717) is 0 Å². The van der Waals surface area contributed by atoms with Gasteiger partial charge in [-0.2, -0.15) is 0 Å². The van der Waals surface area contributed by atoms with E-state index in [1.807, 2.05) is 11.8 Å². The van der Waals surface area contributed by atoms with Gasteiger partial charge < -0.3 is 9.80 Å². The Hall–Kier alpha value is -3.24. The van der Waals surface area contributed by atoms with Crippen LogP contribution in [0.25, 0.3) is 10.5 Å². The van der Waals surface area contributed by atoms with Crippen LogP contribution in [-0.2, 0) is 0 Å². The molecule has 0 N–H and O–H groups in total. The monoisotopic (exact) mass is 538 g/mol. The normalized spacial score (nSPS) is 14.9. The van der Waals surface area contributed by atoms with Crippen LogP contribution in [0.3, 0.4) is 0 Å². The molecule has 39 heavy (non-hydrogen) atoms. The smallest absolute Gasteiger partial charge is 0.199 e. The Bertz CT molecular complexity index is 1290. The van der Waals surface area contributed by atoms with E-state index in [4.69, 9.17) is 0 Å². The molecule has 3 nitrogen and oxygen atoms in total. The highest BCUT2D eigenvalue weighted by atomic mass is 32.2. The van der Waals surface area contributed by atoms with Crippen LogP contribution >= 0.6 is 11.8 Å². The molecule has 4 rings (SSSR count). The maximum absolute atomic E-state index is 2.39. The number of hydrogen-bond acceptors (Lipinski definition) is 3. The summed E-state index contributed by atoms with van der Waals surface area (Å²) in [6.45, 7) is 19.4. The van der Waals surface area contributed by atoms with Gasteiger partial charge in [-0.05, 0) is 112 Å². The van der Waals surface area contributed by atoms with Crippen LogP contribution in [-0.4, -0.2) is 49.6 Å². The van der Waals surface area contributed by atoms with E-state index in [1.54, 1.807) is 0 Å². The second kappa shape index (κ2) is 13.7. The maximum Gasteiger partial charge on any atom is 0.199 e. The van der Waals surface area contributed by atoms with Gasteiger partial charge in [0.15, 0.2) is 5.71 Å². The van der Waals surface area contributed by atoms with Crippen molar-refractivity contribution in [1.29, 1.82) is 0 Å². The lowest BCUT2D eigenvalue weighted by Crippen LogP contribution is -2.21. The second-order valence-electron chi connectivity index (χ2n) is 9.73. The topological polar surface area (TPSA) is 9.49 Å². The number of rotatable bonds is 10. The third kappa shape index (κ3) is 6.67. The fraction of sp³-hybridized carbons (Fsp3) is 0.343. The first kappa shape index (κ1) is 28.8. The number of nitrogens with zero attached hydrogens (tertiary/aromatic N) is 3. The molecule has 2 aliphatic rings. The molecule has 1 heterocycles. The lowest BCUT2D eigenvalue weighted by molar-refractivity contribution is -0.519. The van der Waals surface area contributed by atoms with Gasteiger partial charge in [0.25, 0.3) is 0 Å². The summed E-state index contributed by atoms with van der Waals surface area (Å²) in [7, 11) is 0. The standard InChI is InChI=1S/C35H44N3S/c1-7-36(8-2)31-19-13-27(14-20-31)30-25-34(28-15-21-32(22-16-28)37(9-3)10-4)39-35(26-30)29-17-23-33(24-18-29)38(11-5)12-6/h13-26H,7-12H2,1-6H3/q+1. The first-order chi connectivity index (χ1) is 19.0. The van der Waals surface area contributed by atoms with E-state index >= 15 is 0 Å². The van der Waals surface area contributed by atoms with Crippen LogP contribution in [0.1, 0.15) is 52.7 Å². The van der Waals surface area contributed by atoms with Gasteiger partial charge in [0.2, 0.25) is 0 Å². The summed E-state index contributed by atoms with van der Waals surface area (Å²) in [6.07, 6.45) is 13.8. The summed E-state index contributed by atoms with van der Waals surface area (Å²) in [5.41, 5.74) is 8.87. The van der Waals surface area contributed by atoms with Crippen LogP contribution in [0.4, 0.5) is 11.4 Å². The van der Waals surface area contributed by atoms with Crippen molar-refractivity contribution in [2.24, 2.45) is 0 Å². The van der Waals surface area contributed by atoms with Crippen LogP contribution in [0, 0.1) is 0 Å². The third-order valence-corrected chi connectivity index (χ3v) is 8.83. The minimum Gasteiger partial charge on any atom is -0.372 e. The molecule has 204 valence electrons. The summed E-state index contributed by atoms with van der Waals surface area (Å²) in [5, 5.41) is 0. The number of anilines is 2. The van der Waals surface area contributed by atoms with Gasteiger partial charge in [0.1, 0.15) is 13.1 Å². The zero-order valence-corrected chi connectivity index (χ0v) is 25.4. The summed E-state index contributed by atoms with van der Waals surface area (Å²) in [6, 6.07) is 18.1. The number of hydrogen-bond donors (Lipinski definition) is 0. The molecule has 0 spiro atoms. The molecule has 0 fully saturated rings. The molecule has 0 atom stereocenters. The summed E-state index contributed by atoms with van der Waals surface area (Å²) in [5.74, 6) is 0. The van der Waals surface area contributed by atoms with Crippen LogP contribution in [0.5, 0.6) is 0 Å². The number of allylic oxidation sites excluding steroid dienone is 8. The van der Waals surface area contributed by atoms with Gasteiger partial charge >= 0.3 is 0 Å². The first-order valence-corrected chi connectivity index (χ1v) is 15.4. The Morgan fingerprint density at radius 2 is 1.08 bits per heavy atom. The number of thioether (sulfide) groups is 1. The SMILES string of the molecule is CCN(CC)c1ccc(C2=CC(=C3C=CC(=[N+](CC)CC)C=C3)SC(c3ccc(N(CC)CC)cc3)=C2)cc1. The quantitative estimate of drug-likeness (QED) is 0.281. The van der Waals surface area contributed by atoms with Crippen LogP contribution in [0.2, 0.25) is 0 Å². The summed E-state index contributed by atoms with van der Waals surface area (Å²) < 4.78 is 2.39. The Balaban J connectivity index is 1.74. The van der Waals surface area contributed by atoms with E-state index in [1.165, 1.54) is 49.2 Å². The Morgan fingerprint density at radius 3 is 1.54 bits per heavy atom. The highest BCUT2D eigenvalue weighted by molar-refractivity contribution is 8.12. The lowest BCUT2D eigenvalue weighted by Gasteiger charge is -2.23. The molecule has 0 saturated carbocycles. The average molecular weight is 539 g/mol. The van der Waals surface area contributed by atoms with Crippen molar-refractivity contribution >= 4 is 39.3 Å². The predicted molar refractivity (Wildman–Crippen MR) is 175 cm³/mol. The summed E-state index contributed by atoms with van der Waals surface area (Å²) in [4.78, 5) is 7.36. The van der Waals surface area contributed by atoms with Crippen LogP contribution in [0.15, 0.2) is 95.5 Å². The molecule has 4 heteroatoms. The molecule has 0 aromatic heterocycles. The van der Waals surface area contributed by atoms with E-state index < -0.39 is 0 Å². The Labute approximate surface area is 240 Å². The van der Waals surface area contributed by atoms with E-state index in [0.717, 1.165) is 39.3 Å². The maximum atomic E-state index is 2.39. The Kier molecular flexibility index (Phi) is 10.1. The molecule has 2 aromatic rings. The van der Waals surface area contributed by atoms with Gasteiger partial charge in [-0.15, -0.1) is 0 Å².